The summed E-state index contributed by atoms with van der Waals surface area (Å²) in [7, 11) is 0. The van der Waals surface area contributed by atoms with Crippen LogP contribution in [-0.2, 0) is 16.1 Å². The first-order valence-corrected chi connectivity index (χ1v) is 9.13. The monoisotopic (exact) mass is 400 g/mol. The minimum absolute atomic E-state index is 0.0472. The second kappa shape index (κ2) is 8.40. The van der Waals surface area contributed by atoms with E-state index in [9.17, 15) is 14.9 Å². The summed E-state index contributed by atoms with van der Waals surface area (Å²) in [6.45, 7) is 0.469. The number of aliphatic imine (C=N–C) groups is 1. The fourth-order valence-corrected chi connectivity index (χ4v) is 2.82. The topological polar surface area (TPSA) is 91.0 Å². The van der Waals surface area contributed by atoms with Crippen molar-refractivity contribution >= 4 is 23.6 Å². The average molecular weight is 400 g/mol. The van der Waals surface area contributed by atoms with Gasteiger partial charge in [0, 0.05) is 17.7 Å². The number of nitro benzene ring substituents is 1. The molecule has 0 bridgehead atoms. The van der Waals surface area contributed by atoms with Gasteiger partial charge in [-0.3, -0.25) is 10.1 Å². The maximum atomic E-state index is 12.1. The minimum atomic E-state index is -0.576. The van der Waals surface area contributed by atoms with Gasteiger partial charge < -0.3 is 9.47 Å². The lowest BCUT2D eigenvalue weighted by atomic mass is 10.2. The quantitative estimate of drug-likeness (QED) is 0.263. The molecule has 0 spiro atoms. The Morgan fingerprint density at radius 3 is 2.33 bits per heavy atom. The van der Waals surface area contributed by atoms with Crippen molar-refractivity contribution in [1.82, 2.24) is 0 Å². The highest BCUT2D eigenvalue weighted by molar-refractivity contribution is 6.12. The zero-order valence-corrected chi connectivity index (χ0v) is 15.7. The van der Waals surface area contributed by atoms with Crippen LogP contribution in [0.1, 0.15) is 16.7 Å². The van der Waals surface area contributed by atoms with Gasteiger partial charge in [0.25, 0.3) is 5.69 Å². The first-order valence-electron chi connectivity index (χ1n) is 9.13. The molecule has 0 atom stereocenters. The van der Waals surface area contributed by atoms with Crippen molar-refractivity contribution in [2.75, 3.05) is 0 Å². The Labute approximate surface area is 172 Å². The van der Waals surface area contributed by atoms with E-state index in [1.165, 1.54) is 24.3 Å². The second-order valence-corrected chi connectivity index (χ2v) is 6.48. The van der Waals surface area contributed by atoms with Crippen molar-refractivity contribution in [3.63, 3.8) is 0 Å². The predicted molar refractivity (Wildman–Crippen MR) is 111 cm³/mol. The van der Waals surface area contributed by atoms with Crippen LogP contribution in [0.25, 0.3) is 6.08 Å². The lowest BCUT2D eigenvalue weighted by Crippen LogP contribution is -2.05. The van der Waals surface area contributed by atoms with Crippen molar-refractivity contribution < 1.29 is 19.2 Å². The summed E-state index contributed by atoms with van der Waals surface area (Å²) in [6, 6.07) is 22.8. The standard InChI is InChI=1S/C23H16N2O5/c26-23-21(24-22(30-23)18-8-10-19(11-9-18)25(27)28)14-16-6-12-20(13-7-16)29-15-17-4-2-1-3-5-17/h1-14H,15H2/b21-14-. The third-order valence-corrected chi connectivity index (χ3v) is 4.38. The molecule has 0 amide bonds. The average Bonchev–Trinajstić information content (AvgIpc) is 3.14. The Morgan fingerprint density at radius 1 is 0.967 bits per heavy atom. The molecule has 4 rings (SSSR count). The van der Waals surface area contributed by atoms with Gasteiger partial charge in [0.2, 0.25) is 5.90 Å². The summed E-state index contributed by atoms with van der Waals surface area (Å²) in [6.07, 6.45) is 1.61. The van der Waals surface area contributed by atoms with Gasteiger partial charge in [-0.25, -0.2) is 9.79 Å². The number of esters is 1. The molecule has 0 unspecified atom stereocenters. The summed E-state index contributed by atoms with van der Waals surface area (Å²) in [5, 5.41) is 10.7. The lowest BCUT2D eigenvalue weighted by Gasteiger charge is -2.06. The van der Waals surface area contributed by atoms with Crippen LogP contribution in [0, 0.1) is 10.1 Å². The van der Waals surface area contributed by atoms with Crippen LogP contribution in [0.5, 0.6) is 5.75 Å². The number of non-ortho nitro benzene ring substituents is 1. The lowest BCUT2D eigenvalue weighted by molar-refractivity contribution is -0.384. The van der Waals surface area contributed by atoms with Gasteiger partial charge in [0.05, 0.1) is 4.92 Å². The second-order valence-electron chi connectivity index (χ2n) is 6.48. The molecular weight excluding hydrogens is 384 g/mol. The number of rotatable bonds is 6. The number of hydrogen-bond acceptors (Lipinski definition) is 6. The van der Waals surface area contributed by atoms with Crippen LogP contribution in [0.15, 0.2) is 89.6 Å². The Kier molecular flexibility index (Phi) is 5.34. The molecule has 0 aromatic heterocycles. The maximum Gasteiger partial charge on any atom is 0.363 e. The van der Waals surface area contributed by atoms with Gasteiger partial charge in [-0.1, -0.05) is 42.5 Å². The van der Waals surface area contributed by atoms with E-state index < -0.39 is 10.9 Å². The van der Waals surface area contributed by atoms with Crippen LogP contribution >= 0.6 is 0 Å². The summed E-state index contributed by atoms with van der Waals surface area (Å²) >= 11 is 0. The fourth-order valence-electron chi connectivity index (χ4n) is 2.82. The molecule has 0 aliphatic carbocycles. The number of nitrogens with zero attached hydrogens (tertiary/aromatic N) is 2. The van der Waals surface area contributed by atoms with Crippen LogP contribution in [0.4, 0.5) is 5.69 Å². The van der Waals surface area contributed by atoms with Gasteiger partial charge in [-0.15, -0.1) is 0 Å². The first kappa shape index (κ1) is 19.1. The van der Waals surface area contributed by atoms with Gasteiger partial charge in [-0.2, -0.15) is 0 Å². The molecule has 1 aliphatic rings. The van der Waals surface area contributed by atoms with E-state index in [2.05, 4.69) is 4.99 Å². The molecule has 0 saturated heterocycles. The number of hydrogen-bond donors (Lipinski definition) is 0. The van der Waals surface area contributed by atoms with E-state index >= 15 is 0 Å². The van der Waals surface area contributed by atoms with E-state index in [1.807, 2.05) is 54.6 Å². The van der Waals surface area contributed by atoms with Crippen LogP contribution in [-0.4, -0.2) is 16.8 Å². The highest BCUT2D eigenvalue weighted by Crippen LogP contribution is 2.22. The fraction of sp³-hybridized carbons (Fsp3) is 0.0435. The summed E-state index contributed by atoms with van der Waals surface area (Å²) in [5.74, 6) is 0.252. The molecule has 7 heteroatoms. The molecule has 7 nitrogen and oxygen atoms in total. The molecule has 0 radical (unpaired) electrons. The van der Waals surface area contributed by atoms with Gasteiger partial charge in [0.1, 0.15) is 12.4 Å². The molecule has 0 fully saturated rings. The van der Waals surface area contributed by atoms with E-state index in [0.29, 0.717) is 17.9 Å². The highest BCUT2D eigenvalue weighted by atomic mass is 16.6. The first-order chi connectivity index (χ1) is 14.6. The Bertz CT molecular complexity index is 1130. The van der Waals surface area contributed by atoms with Crippen LogP contribution < -0.4 is 4.74 Å². The van der Waals surface area contributed by atoms with E-state index in [0.717, 1.165) is 11.1 Å². The van der Waals surface area contributed by atoms with E-state index in [4.69, 9.17) is 9.47 Å². The Balaban J connectivity index is 1.45. The molecule has 148 valence electrons. The molecule has 3 aromatic rings. The molecule has 3 aromatic carbocycles. The Hall–Kier alpha value is -4.26. The van der Waals surface area contributed by atoms with E-state index in [1.54, 1.807) is 6.08 Å². The largest absolute Gasteiger partial charge is 0.489 e. The number of carbonyl (C=O) groups is 1. The number of carbonyl (C=O) groups excluding carboxylic acids is 1. The molecule has 1 aliphatic heterocycles. The highest BCUT2D eigenvalue weighted by Gasteiger charge is 2.24. The van der Waals surface area contributed by atoms with Gasteiger partial charge >= 0.3 is 5.97 Å². The number of benzene rings is 3. The number of cyclic esters (lactones) is 1. The van der Waals surface area contributed by atoms with Crippen LogP contribution in [0.2, 0.25) is 0 Å². The minimum Gasteiger partial charge on any atom is -0.489 e. The normalized spacial score (nSPS) is 14.3. The molecular formula is C23H16N2O5. The van der Waals surface area contributed by atoms with E-state index in [-0.39, 0.29) is 17.3 Å². The zero-order chi connectivity index (χ0) is 20.9. The maximum absolute atomic E-state index is 12.1. The smallest absolute Gasteiger partial charge is 0.363 e. The summed E-state index contributed by atoms with van der Waals surface area (Å²) < 4.78 is 10.9. The predicted octanol–water partition coefficient (Wildman–Crippen LogP) is 4.52. The molecule has 30 heavy (non-hydrogen) atoms. The van der Waals surface area contributed by atoms with Crippen molar-refractivity contribution in [2.45, 2.75) is 6.61 Å². The number of ether oxygens (including phenoxy) is 2. The van der Waals surface area contributed by atoms with Gasteiger partial charge in [0.15, 0.2) is 5.70 Å². The molecule has 0 N–H and O–H groups in total. The van der Waals surface area contributed by atoms with Crippen molar-refractivity contribution in [3.05, 3.63) is 111 Å². The van der Waals surface area contributed by atoms with Crippen molar-refractivity contribution in [2.24, 2.45) is 4.99 Å². The SMILES string of the molecule is O=C1OC(c2ccc([N+](=O)[O-])cc2)=N/C1=C\c1ccc(OCc2ccccc2)cc1. The molecule has 0 saturated carbocycles. The third kappa shape index (κ3) is 4.41. The zero-order valence-electron chi connectivity index (χ0n) is 15.7. The summed E-state index contributed by atoms with van der Waals surface area (Å²) in [5.41, 5.74) is 2.44. The Morgan fingerprint density at radius 2 is 1.67 bits per heavy atom. The summed E-state index contributed by atoms with van der Waals surface area (Å²) in [4.78, 5) is 26.6. The van der Waals surface area contributed by atoms with Gasteiger partial charge in [-0.05, 0) is 41.5 Å². The van der Waals surface area contributed by atoms with Crippen molar-refractivity contribution in [3.8, 4) is 5.75 Å². The van der Waals surface area contributed by atoms with Crippen LogP contribution in [0.3, 0.4) is 0 Å². The number of nitro groups is 1. The third-order valence-electron chi connectivity index (χ3n) is 4.38. The molecule has 1 heterocycles. The van der Waals surface area contributed by atoms with Crippen molar-refractivity contribution in [1.29, 1.82) is 0 Å².